The molecule has 0 aliphatic carbocycles. The monoisotopic (exact) mass is 339 g/mol. The van der Waals surface area contributed by atoms with Crippen LogP contribution in [-0.4, -0.2) is 0 Å². The normalized spacial score (nSPS) is 10.5. The van der Waals surface area contributed by atoms with Crippen LogP contribution in [0.4, 0.5) is 5.69 Å². The van der Waals surface area contributed by atoms with E-state index < -0.39 is 0 Å². The lowest BCUT2D eigenvalue weighted by Gasteiger charge is -2.13. The molecule has 0 saturated carbocycles. The van der Waals surface area contributed by atoms with E-state index in [0.717, 1.165) is 37.6 Å². The van der Waals surface area contributed by atoms with Crippen LogP contribution in [0, 0.1) is 13.8 Å². The van der Waals surface area contributed by atoms with Crippen LogP contribution in [0.1, 0.15) is 16.7 Å². The number of hydrogen-bond acceptors (Lipinski definition) is 2. The molecule has 0 aliphatic rings. The van der Waals surface area contributed by atoms with E-state index in [1.54, 1.807) is 0 Å². The molecule has 19 heavy (non-hydrogen) atoms. The van der Waals surface area contributed by atoms with Crippen LogP contribution >= 0.6 is 27.5 Å². The van der Waals surface area contributed by atoms with Gasteiger partial charge in [-0.3, -0.25) is 0 Å². The minimum absolute atomic E-state index is 0.479. The molecular weight excluding hydrogens is 326 g/mol. The van der Waals surface area contributed by atoms with Crippen molar-refractivity contribution in [1.29, 1.82) is 0 Å². The molecule has 0 aromatic heterocycles. The minimum Gasteiger partial charge on any atom is -0.488 e. The zero-order valence-corrected chi connectivity index (χ0v) is 13.2. The van der Waals surface area contributed by atoms with Crippen LogP contribution in [0.2, 0.25) is 5.02 Å². The summed E-state index contributed by atoms with van der Waals surface area (Å²) in [4.78, 5) is 0. The lowest BCUT2D eigenvalue weighted by molar-refractivity contribution is 0.302. The van der Waals surface area contributed by atoms with E-state index in [1.807, 2.05) is 44.2 Å². The van der Waals surface area contributed by atoms with E-state index >= 15 is 0 Å². The number of rotatable bonds is 3. The van der Waals surface area contributed by atoms with Gasteiger partial charge in [0.05, 0.1) is 0 Å². The predicted octanol–water partition coefficient (Wildman–Crippen LogP) is 4.88. The summed E-state index contributed by atoms with van der Waals surface area (Å²) in [5, 5.41) is 0.731. The maximum atomic E-state index is 6.00. The highest BCUT2D eigenvalue weighted by Gasteiger charge is 2.06. The van der Waals surface area contributed by atoms with Crippen LogP contribution < -0.4 is 10.5 Å². The summed E-state index contributed by atoms with van der Waals surface area (Å²) in [6, 6.07) is 9.57. The lowest BCUT2D eigenvalue weighted by atomic mass is 10.1. The van der Waals surface area contributed by atoms with E-state index in [9.17, 15) is 0 Å². The van der Waals surface area contributed by atoms with Gasteiger partial charge in [0.15, 0.2) is 0 Å². The predicted molar refractivity (Wildman–Crippen MR) is 83.8 cm³/mol. The molecule has 2 nitrogen and oxygen atoms in total. The highest BCUT2D eigenvalue weighted by molar-refractivity contribution is 9.10. The largest absolute Gasteiger partial charge is 0.488 e. The number of aryl methyl sites for hydroxylation is 2. The van der Waals surface area contributed by atoms with Gasteiger partial charge in [0, 0.05) is 15.2 Å². The van der Waals surface area contributed by atoms with Crippen LogP contribution in [0.15, 0.2) is 34.8 Å². The van der Waals surface area contributed by atoms with Crippen molar-refractivity contribution < 1.29 is 4.74 Å². The Morgan fingerprint density at radius 1 is 1.11 bits per heavy atom. The van der Waals surface area contributed by atoms with Crippen molar-refractivity contribution in [2.75, 3.05) is 5.73 Å². The van der Waals surface area contributed by atoms with Gasteiger partial charge < -0.3 is 10.5 Å². The average molecular weight is 341 g/mol. The third-order valence-corrected chi connectivity index (χ3v) is 3.46. The number of halogens is 2. The summed E-state index contributed by atoms with van der Waals surface area (Å²) >= 11 is 9.43. The molecule has 2 aromatic carbocycles. The molecule has 0 amide bonds. The van der Waals surface area contributed by atoms with Crippen LogP contribution in [0.5, 0.6) is 5.75 Å². The fourth-order valence-electron chi connectivity index (χ4n) is 2.04. The molecule has 0 unspecified atom stereocenters. The fraction of sp³-hybridized carbons (Fsp3) is 0.200. The van der Waals surface area contributed by atoms with Crippen molar-refractivity contribution in [3.63, 3.8) is 0 Å². The summed E-state index contributed by atoms with van der Waals surface area (Å²) < 4.78 is 6.84. The van der Waals surface area contributed by atoms with Crippen LogP contribution in [0.25, 0.3) is 0 Å². The molecule has 0 spiro atoms. The molecular formula is C15H15BrClNO. The summed E-state index contributed by atoms with van der Waals surface area (Å²) in [5.41, 5.74) is 9.62. The molecule has 0 bridgehead atoms. The Morgan fingerprint density at radius 3 is 2.32 bits per heavy atom. The quantitative estimate of drug-likeness (QED) is 0.808. The summed E-state index contributed by atoms with van der Waals surface area (Å²) in [5.74, 6) is 0.878. The first-order valence-corrected chi connectivity index (χ1v) is 7.07. The molecule has 4 heteroatoms. The van der Waals surface area contributed by atoms with Crippen molar-refractivity contribution in [2.24, 2.45) is 0 Å². The van der Waals surface area contributed by atoms with E-state index in [2.05, 4.69) is 15.9 Å². The molecule has 0 aliphatic heterocycles. The van der Waals surface area contributed by atoms with Gasteiger partial charge in [0.1, 0.15) is 12.4 Å². The number of ether oxygens (including phenoxy) is 1. The third kappa shape index (κ3) is 3.64. The fourth-order valence-corrected chi connectivity index (χ4v) is 2.93. The Labute approximate surface area is 126 Å². The zero-order valence-electron chi connectivity index (χ0n) is 10.8. The van der Waals surface area contributed by atoms with Gasteiger partial charge in [-0.05, 0) is 60.9 Å². The second-order valence-corrected chi connectivity index (χ2v) is 5.90. The highest BCUT2D eigenvalue weighted by Crippen LogP contribution is 2.28. The minimum atomic E-state index is 0.479. The number of nitrogens with two attached hydrogens (primary N) is 1. The maximum Gasteiger partial charge on any atom is 0.125 e. The Hall–Kier alpha value is -1.19. The van der Waals surface area contributed by atoms with Gasteiger partial charge in [-0.15, -0.1) is 0 Å². The van der Waals surface area contributed by atoms with Crippen molar-refractivity contribution in [1.82, 2.24) is 0 Å². The zero-order chi connectivity index (χ0) is 14.0. The average Bonchev–Trinajstić information content (AvgIpc) is 2.25. The second-order valence-electron chi connectivity index (χ2n) is 4.55. The molecule has 2 N–H and O–H groups in total. The van der Waals surface area contributed by atoms with E-state index in [-0.39, 0.29) is 0 Å². The Morgan fingerprint density at radius 2 is 1.74 bits per heavy atom. The first-order valence-electron chi connectivity index (χ1n) is 5.90. The summed E-state index contributed by atoms with van der Waals surface area (Å²) in [7, 11) is 0. The van der Waals surface area contributed by atoms with E-state index in [1.165, 1.54) is 0 Å². The molecule has 0 radical (unpaired) electrons. The SMILES string of the molecule is Cc1cc(Cl)cc(C)c1OCc1cc(N)cc(Br)c1. The number of hydrogen-bond donors (Lipinski definition) is 1. The highest BCUT2D eigenvalue weighted by atomic mass is 79.9. The molecule has 0 atom stereocenters. The van der Waals surface area contributed by atoms with Gasteiger partial charge >= 0.3 is 0 Å². The molecule has 2 aromatic rings. The Bertz CT molecular complexity index is 570. The van der Waals surface area contributed by atoms with E-state index in [4.69, 9.17) is 22.1 Å². The second kappa shape index (κ2) is 5.85. The number of benzene rings is 2. The number of anilines is 1. The molecule has 2 rings (SSSR count). The van der Waals surface area contributed by atoms with Gasteiger partial charge in [0.2, 0.25) is 0 Å². The smallest absolute Gasteiger partial charge is 0.125 e. The van der Waals surface area contributed by atoms with Crippen molar-refractivity contribution in [3.05, 3.63) is 56.5 Å². The molecule has 0 saturated heterocycles. The van der Waals surface area contributed by atoms with Crippen LogP contribution in [-0.2, 0) is 6.61 Å². The Balaban J connectivity index is 2.19. The molecule has 0 fully saturated rings. The van der Waals surface area contributed by atoms with Crippen molar-refractivity contribution >= 4 is 33.2 Å². The third-order valence-electron chi connectivity index (χ3n) is 2.79. The number of nitrogen functional groups attached to an aromatic ring is 1. The summed E-state index contributed by atoms with van der Waals surface area (Å²) in [6.45, 7) is 4.46. The topological polar surface area (TPSA) is 35.2 Å². The first kappa shape index (κ1) is 14.2. The van der Waals surface area contributed by atoms with Crippen molar-refractivity contribution in [3.8, 4) is 5.75 Å². The van der Waals surface area contributed by atoms with Gasteiger partial charge in [-0.2, -0.15) is 0 Å². The molecule has 0 heterocycles. The summed E-state index contributed by atoms with van der Waals surface area (Å²) in [6.07, 6.45) is 0. The van der Waals surface area contributed by atoms with Gasteiger partial charge in [0.25, 0.3) is 0 Å². The Kier molecular flexibility index (Phi) is 4.38. The first-order chi connectivity index (χ1) is 8.95. The molecule has 100 valence electrons. The van der Waals surface area contributed by atoms with Gasteiger partial charge in [-0.25, -0.2) is 0 Å². The maximum absolute atomic E-state index is 6.00. The van der Waals surface area contributed by atoms with E-state index in [0.29, 0.717) is 6.61 Å². The van der Waals surface area contributed by atoms with Crippen molar-refractivity contribution in [2.45, 2.75) is 20.5 Å². The van der Waals surface area contributed by atoms with Crippen LogP contribution in [0.3, 0.4) is 0 Å². The lowest BCUT2D eigenvalue weighted by Crippen LogP contribution is -2.00. The van der Waals surface area contributed by atoms with Gasteiger partial charge in [-0.1, -0.05) is 27.5 Å². The standard InChI is InChI=1S/C15H15BrClNO/c1-9-3-13(17)4-10(2)15(9)19-8-11-5-12(16)7-14(18)6-11/h3-7H,8,18H2,1-2H3.